The molecule has 0 unspecified atom stereocenters. The molecule has 0 fully saturated rings. The summed E-state index contributed by atoms with van der Waals surface area (Å²) in [5.41, 5.74) is 2.24. The highest BCUT2D eigenvalue weighted by Crippen LogP contribution is 2.37. The van der Waals surface area contributed by atoms with Crippen LogP contribution in [-0.4, -0.2) is 11.7 Å². The number of ether oxygens (including phenoxy) is 1. The lowest BCUT2D eigenvalue weighted by Crippen LogP contribution is -2.12. The van der Waals surface area contributed by atoms with Gasteiger partial charge in [-0.05, 0) is 22.4 Å². The molecule has 3 aromatic rings. The number of hydrogen-bond acceptors (Lipinski definition) is 3. The summed E-state index contributed by atoms with van der Waals surface area (Å²) < 4.78 is 5.57. The minimum absolute atomic E-state index is 0.271. The molecule has 3 rings (SSSR count). The van der Waals surface area contributed by atoms with Gasteiger partial charge >= 0.3 is 5.97 Å². The van der Waals surface area contributed by atoms with Gasteiger partial charge in [-0.25, -0.2) is 4.79 Å². The van der Waals surface area contributed by atoms with E-state index in [1.807, 2.05) is 66.7 Å². The first-order valence-corrected chi connectivity index (χ1v) is 7.92. The molecule has 0 aliphatic heterocycles. The predicted octanol–water partition coefficient (Wildman–Crippen LogP) is 4.90. The molecule has 114 valence electrons. The van der Waals surface area contributed by atoms with Gasteiger partial charge in [-0.15, -0.1) is 0 Å². The zero-order valence-corrected chi connectivity index (χ0v) is 13.4. The molecule has 0 atom stereocenters. The van der Waals surface area contributed by atoms with E-state index in [-0.39, 0.29) is 5.75 Å². The van der Waals surface area contributed by atoms with Gasteiger partial charge in [-0.3, -0.25) is 0 Å². The smallest absolute Gasteiger partial charge is 0.339 e. The van der Waals surface area contributed by atoms with Crippen molar-refractivity contribution in [2.75, 3.05) is 5.75 Å². The van der Waals surface area contributed by atoms with Gasteiger partial charge in [0.15, 0.2) is 0 Å². The lowest BCUT2D eigenvalue weighted by Gasteiger charge is -2.14. The van der Waals surface area contributed by atoms with Crippen molar-refractivity contribution in [1.82, 2.24) is 0 Å². The van der Waals surface area contributed by atoms with Crippen LogP contribution in [-0.2, 0) is 4.79 Å². The fraction of sp³-hybridized carbons (Fsp3) is 0.0500. The van der Waals surface area contributed by atoms with Gasteiger partial charge in [-0.2, -0.15) is 12.6 Å². The molecule has 0 saturated carbocycles. The van der Waals surface area contributed by atoms with E-state index in [4.69, 9.17) is 4.74 Å². The van der Waals surface area contributed by atoms with Crippen LogP contribution in [0.25, 0.3) is 21.9 Å². The molecule has 3 heteroatoms. The first-order chi connectivity index (χ1) is 11.2. The molecule has 0 bridgehead atoms. The quantitative estimate of drug-likeness (QED) is 0.320. The van der Waals surface area contributed by atoms with Crippen LogP contribution in [0.1, 0.15) is 0 Å². The number of hydrogen-bond donors (Lipinski definition) is 1. The number of fused-ring (bicyclic) bond motifs is 1. The van der Waals surface area contributed by atoms with E-state index < -0.39 is 5.97 Å². The van der Waals surface area contributed by atoms with Gasteiger partial charge in [0.1, 0.15) is 5.75 Å². The number of thiol groups is 1. The van der Waals surface area contributed by atoms with Crippen LogP contribution >= 0.6 is 12.6 Å². The fourth-order valence-corrected chi connectivity index (χ4v) is 2.60. The maximum Gasteiger partial charge on any atom is 0.339 e. The van der Waals surface area contributed by atoms with Crippen molar-refractivity contribution in [3.63, 3.8) is 0 Å². The number of benzene rings is 3. The van der Waals surface area contributed by atoms with Crippen LogP contribution in [0.4, 0.5) is 0 Å². The molecule has 0 aliphatic carbocycles. The second kappa shape index (κ2) is 6.71. The Labute approximate surface area is 140 Å². The maximum absolute atomic E-state index is 12.1. The molecule has 0 amide bonds. The second-order valence-electron chi connectivity index (χ2n) is 5.18. The van der Waals surface area contributed by atoms with E-state index in [0.717, 1.165) is 21.9 Å². The van der Waals surface area contributed by atoms with Gasteiger partial charge in [0, 0.05) is 16.9 Å². The average molecular weight is 320 g/mol. The molecule has 0 N–H and O–H groups in total. The molecular weight excluding hydrogens is 304 g/mol. The summed E-state index contributed by atoms with van der Waals surface area (Å²) in [6.07, 6.45) is 0. The largest absolute Gasteiger partial charge is 0.422 e. The van der Waals surface area contributed by atoms with Crippen molar-refractivity contribution < 1.29 is 9.53 Å². The summed E-state index contributed by atoms with van der Waals surface area (Å²) in [6.45, 7) is 3.68. The first kappa shape index (κ1) is 15.4. The molecule has 3 aromatic carbocycles. The van der Waals surface area contributed by atoms with Crippen LogP contribution in [0.3, 0.4) is 0 Å². The summed E-state index contributed by atoms with van der Waals surface area (Å²) >= 11 is 4.08. The van der Waals surface area contributed by atoms with Crippen molar-refractivity contribution in [3.05, 3.63) is 78.9 Å². The molecular formula is C20H16O2S. The summed E-state index contributed by atoms with van der Waals surface area (Å²) in [7, 11) is 0. The highest BCUT2D eigenvalue weighted by Gasteiger charge is 2.15. The van der Waals surface area contributed by atoms with Crippen LogP contribution in [0.15, 0.2) is 78.9 Å². The first-order valence-electron chi connectivity index (χ1n) is 7.28. The molecule has 0 heterocycles. The second-order valence-corrected chi connectivity index (χ2v) is 5.49. The fourth-order valence-electron chi connectivity index (χ4n) is 2.48. The van der Waals surface area contributed by atoms with E-state index in [2.05, 4.69) is 19.2 Å². The molecule has 0 saturated heterocycles. The van der Waals surface area contributed by atoms with Crippen molar-refractivity contribution in [3.8, 4) is 16.9 Å². The Morgan fingerprint density at radius 3 is 2.39 bits per heavy atom. The van der Waals surface area contributed by atoms with E-state index in [1.54, 1.807) is 0 Å². The molecule has 2 nitrogen and oxygen atoms in total. The maximum atomic E-state index is 12.1. The van der Waals surface area contributed by atoms with Gasteiger partial charge in [0.25, 0.3) is 0 Å². The van der Waals surface area contributed by atoms with Gasteiger partial charge in [0.2, 0.25) is 0 Å². The Morgan fingerprint density at radius 2 is 1.65 bits per heavy atom. The van der Waals surface area contributed by atoms with E-state index >= 15 is 0 Å². The van der Waals surface area contributed by atoms with Gasteiger partial charge in [0.05, 0.1) is 0 Å². The molecule has 0 radical (unpaired) electrons. The Hall–Kier alpha value is -2.52. The van der Waals surface area contributed by atoms with E-state index in [1.165, 1.54) is 0 Å². The third-order valence-electron chi connectivity index (χ3n) is 3.64. The third-order valence-corrected chi connectivity index (χ3v) is 4.02. The minimum Gasteiger partial charge on any atom is -0.422 e. The standard InChI is InChI=1S/C20H16O2S/c1-14(13-23)20(21)22-18-12-11-15-7-5-6-10-17(15)19(18)16-8-3-2-4-9-16/h2-12,23H,1,13H2. The zero-order chi connectivity index (χ0) is 16.2. The van der Waals surface area contributed by atoms with E-state index in [9.17, 15) is 4.79 Å². The van der Waals surface area contributed by atoms with Gasteiger partial charge < -0.3 is 4.74 Å². The van der Waals surface area contributed by atoms with E-state index in [0.29, 0.717) is 11.3 Å². The van der Waals surface area contributed by atoms with Gasteiger partial charge in [-0.1, -0.05) is 67.2 Å². The third kappa shape index (κ3) is 3.15. The molecule has 23 heavy (non-hydrogen) atoms. The van der Waals surface area contributed by atoms with Crippen molar-refractivity contribution in [2.45, 2.75) is 0 Å². The number of carbonyl (C=O) groups excluding carboxylic acids is 1. The topological polar surface area (TPSA) is 26.3 Å². The predicted molar refractivity (Wildman–Crippen MR) is 98.0 cm³/mol. The van der Waals surface area contributed by atoms with Crippen molar-refractivity contribution in [2.24, 2.45) is 0 Å². The number of carbonyl (C=O) groups is 1. The normalized spacial score (nSPS) is 10.5. The Balaban J connectivity index is 2.18. The lowest BCUT2D eigenvalue weighted by atomic mass is 9.97. The minimum atomic E-state index is -0.451. The van der Waals surface area contributed by atoms with Crippen LogP contribution in [0.5, 0.6) is 5.75 Å². The van der Waals surface area contributed by atoms with Crippen LogP contribution in [0, 0.1) is 0 Å². The summed E-state index contributed by atoms with van der Waals surface area (Å²) in [5.74, 6) is 0.350. The van der Waals surface area contributed by atoms with Crippen LogP contribution in [0.2, 0.25) is 0 Å². The summed E-state index contributed by atoms with van der Waals surface area (Å²) in [5, 5.41) is 2.14. The monoisotopic (exact) mass is 320 g/mol. The molecule has 0 aromatic heterocycles. The number of esters is 1. The highest BCUT2D eigenvalue weighted by atomic mass is 32.1. The zero-order valence-electron chi connectivity index (χ0n) is 12.5. The Kier molecular flexibility index (Phi) is 4.49. The van der Waals surface area contributed by atoms with Crippen LogP contribution < -0.4 is 4.74 Å². The lowest BCUT2D eigenvalue weighted by molar-refractivity contribution is -0.129. The van der Waals surface area contributed by atoms with Crippen molar-refractivity contribution >= 4 is 29.4 Å². The molecule has 0 aliphatic rings. The highest BCUT2D eigenvalue weighted by molar-refractivity contribution is 7.80. The average Bonchev–Trinajstić information content (AvgIpc) is 2.61. The Morgan fingerprint density at radius 1 is 0.957 bits per heavy atom. The van der Waals surface area contributed by atoms with Crippen molar-refractivity contribution in [1.29, 1.82) is 0 Å². The molecule has 0 spiro atoms. The summed E-state index contributed by atoms with van der Waals surface area (Å²) in [4.78, 5) is 12.1. The SMILES string of the molecule is C=C(CS)C(=O)Oc1ccc2ccccc2c1-c1ccccc1. The summed E-state index contributed by atoms with van der Waals surface area (Å²) in [6, 6.07) is 21.7. The number of rotatable bonds is 4. The Bertz CT molecular complexity index is 869.